The Labute approximate surface area is 111 Å². The Balaban J connectivity index is 5.65. The highest BCUT2D eigenvalue weighted by Gasteiger charge is 2.04. The molecule has 0 aromatic rings. The van der Waals surface area contributed by atoms with Crippen LogP contribution < -0.4 is 0 Å². The fraction of sp³-hybridized carbons (Fsp3) is 0.235. The molecule has 0 bridgehead atoms. The molecule has 0 heterocycles. The lowest BCUT2D eigenvalue weighted by Crippen LogP contribution is -1.91. The van der Waals surface area contributed by atoms with E-state index in [1.165, 1.54) is 0 Å². The van der Waals surface area contributed by atoms with Crippen LogP contribution in [0.25, 0.3) is 0 Å². The summed E-state index contributed by atoms with van der Waals surface area (Å²) in [6.07, 6.45) is 9.76. The van der Waals surface area contributed by atoms with Crippen molar-refractivity contribution in [2.45, 2.75) is 27.7 Å². The fourth-order valence-corrected chi connectivity index (χ4v) is 1.40. The van der Waals surface area contributed by atoms with Gasteiger partial charge in [-0.3, -0.25) is 0 Å². The molecule has 0 saturated heterocycles. The summed E-state index contributed by atoms with van der Waals surface area (Å²) in [7, 11) is 0. The third kappa shape index (κ3) is 4.84. The Morgan fingerprint density at radius 3 is 2.06 bits per heavy atom. The van der Waals surface area contributed by atoms with Crippen LogP contribution in [0.3, 0.4) is 0 Å². The number of nitriles is 1. The topological polar surface area (TPSA) is 23.8 Å². The molecule has 0 aromatic carbocycles. The zero-order chi connectivity index (χ0) is 14.1. The molecule has 1 nitrogen and oxygen atoms in total. The molecular weight excluding hydrogens is 218 g/mol. The quantitative estimate of drug-likeness (QED) is 0.487. The summed E-state index contributed by atoms with van der Waals surface area (Å²) in [5.41, 5.74) is 4.35. The van der Waals surface area contributed by atoms with Gasteiger partial charge in [0.1, 0.15) is 0 Å². The zero-order valence-electron chi connectivity index (χ0n) is 11.7. The first kappa shape index (κ1) is 15.9. The van der Waals surface area contributed by atoms with Crippen LogP contribution in [0.4, 0.5) is 0 Å². The number of rotatable bonds is 5. The normalized spacial score (nSPS) is 13.6. The average molecular weight is 239 g/mol. The molecule has 0 radical (unpaired) electrons. The van der Waals surface area contributed by atoms with Crippen molar-refractivity contribution in [1.29, 1.82) is 5.26 Å². The molecule has 0 amide bonds. The summed E-state index contributed by atoms with van der Waals surface area (Å²) in [5.74, 6) is 0. The molecule has 0 unspecified atom stereocenters. The molecule has 0 N–H and O–H groups in total. The monoisotopic (exact) mass is 239 g/mol. The van der Waals surface area contributed by atoms with Gasteiger partial charge in [0.2, 0.25) is 0 Å². The Hall–Kier alpha value is -2.07. The minimum absolute atomic E-state index is 0.593. The van der Waals surface area contributed by atoms with Gasteiger partial charge in [-0.05, 0) is 50.5 Å². The summed E-state index contributed by atoms with van der Waals surface area (Å²) in [6.45, 7) is 15.5. The molecule has 0 fully saturated rings. The van der Waals surface area contributed by atoms with Gasteiger partial charge in [0.15, 0.2) is 0 Å². The molecule has 0 rings (SSSR count). The van der Waals surface area contributed by atoms with Crippen LogP contribution in [0.2, 0.25) is 0 Å². The summed E-state index contributed by atoms with van der Waals surface area (Å²) < 4.78 is 0. The third-order valence-electron chi connectivity index (χ3n) is 2.42. The van der Waals surface area contributed by atoms with Gasteiger partial charge in [0.05, 0.1) is 11.6 Å². The molecule has 1 heteroatoms. The van der Waals surface area contributed by atoms with Crippen LogP contribution in [-0.2, 0) is 0 Å². The first-order valence-corrected chi connectivity index (χ1v) is 5.91. The van der Waals surface area contributed by atoms with Gasteiger partial charge in [-0.15, -0.1) is 0 Å². The molecule has 0 spiro atoms. The van der Waals surface area contributed by atoms with E-state index in [4.69, 9.17) is 5.26 Å². The number of hydrogen-bond donors (Lipinski definition) is 0. The smallest absolute Gasteiger partial charge is 0.0994 e. The van der Waals surface area contributed by atoms with E-state index in [0.29, 0.717) is 5.57 Å². The average Bonchev–Trinajstić information content (AvgIpc) is 2.32. The maximum Gasteiger partial charge on any atom is 0.0994 e. The maximum absolute atomic E-state index is 9.08. The van der Waals surface area contributed by atoms with Crippen molar-refractivity contribution >= 4 is 0 Å². The minimum atomic E-state index is 0.593. The second-order valence-electron chi connectivity index (χ2n) is 4.08. The molecule has 0 aliphatic heterocycles. The Bertz CT molecular complexity index is 488. The molecule has 18 heavy (non-hydrogen) atoms. The Kier molecular flexibility index (Phi) is 7.15. The first-order valence-electron chi connectivity index (χ1n) is 5.91. The van der Waals surface area contributed by atoms with E-state index in [2.05, 4.69) is 19.2 Å². The summed E-state index contributed by atoms with van der Waals surface area (Å²) >= 11 is 0. The highest BCUT2D eigenvalue weighted by molar-refractivity contribution is 5.56. The van der Waals surface area contributed by atoms with Crippen LogP contribution in [-0.4, -0.2) is 0 Å². The Morgan fingerprint density at radius 1 is 1.11 bits per heavy atom. The van der Waals surface area contributed by atoms with Gasteiger partial charge in [-0.25, -0.2) is 0 Å². The molecule has 0 aromatic heterocycles. The van der Waals surface area contributed by atoms with Crippen molar-refractivity contribution in [3.05, 3.63) is 71.4 Å². The SMILES string of the molecule is C=C(C)/C(C#N)=C/C(=C/C)C(=C/C=C\C)/C(=C)C. The van der Waals surface area contributed by atoms with Crippen LogP contribution in [0.5, 0.6) is 0 Å². The van der Waals surface area contributed by atoms with E-state index in [-0.39, 0.29) is 0 Å². The van der Waals surface area contributed by atoms with E-state index in [0.717, 1.165) is 22.3 Å². The minimum Gasteiger partial charge on any atom is -0.192 e. The predicted octanol–water partition coefficient (Wildman–Crippen LogP) is 5.04. The third-order valence-corrected chi connectivity index (χ3v) is 2.42. The van der Waals surface area contributed by atoms with Gasteiger partial charge in [-0.1, -0.05) is 43.0 Å². The second-order valence-corrected chi connectivity index (χ2v) is 4.08. The first-order chi connectivity index (χ1) is 8.47. The summed E-state index contributed by atoms with van der Waals surface area (Å²) in [5, 5.41) is 9.08. The van der Waals surface area contributed by atoms with Crippen molar-refractivity contribution in [2.24, 2.45) is 0 Å². The number of hydrogen-bond acceptors (Lipinski definition) is 1. The zero-order valence-corrected chi connectivity index (χ0v) is 11.7. The van der Waals surface area contributed by atoms with E-state index < -0.39 is 0 Å². The van der Waals surface area contributed by atoms with E-state index in [9.17, 15) is 0 Å². The van der Waals surface area contributed by atoms with Gasteiger partial charge >= 0.3 is 0 Å². The van der Waals surface area contributed by atoms with E-state index in [1.807, 2.05) is 58.1 Å². The Morgan fingerprint density at radius 2 is 1.72 bits per heavy atom. The van der Waals surface area contributed by atoms with Crippen LogP contribution >= 0.6 is 0 Å². The van der Waals surface area contributed by atoms with Crippen molar-refractivity contribution in [2.75, 3.05) is 0 Å². The molecule has 0 aliphatic rings. The van der Waals surface area contributed by atoms with Gasteiger partial charge in [0, 0.05) is 0 Å². The molecule has 94 valence electrons. The van der Waals surface area contributed by atoms with Crippen LogP contribution in [0, 0.1) is 11.3 Å². The van der Waals surface area contributed by atoms with E-state index >= 15 is 0 Å². The number of allylic oxidation sites excluding steroid dienone is 10. The second kappa shape index (κ2) is 8.08. The molecular formula is C17H21N. The predicted molar refractivity (Wildman–Crippen MR) is 80.0 cm³/mol. The van der Waals surface area contributed by atoms with E-state index in [1.54, 1.807) is 0 Å². The van der Waals surface area contributed by atoms with Gasteiger partial charge in [0.25, 0.3) is 0 Å². The number of nitrogens with zero attached hydrogens (tertiary/aromatic N) is 1. The molecule has 0 aliphatic carbocycles. The maximum atomic E-state index is 9.08. The standard InChI is InChI=1S/C17H21N/c1-7-9-10-17(14(5)6)15(8-2)11-16(12-18)13(3)4/h7-11H,3,5H2,1-2,4,6H3/b9-7-,15-8-,16-11+,17-10+. The lowest BCUT2D eigenvalue weighted by atomic mass is 9.96. The van der Waals surface area contributed by atoms with Crippen molar-refractivity contribution in [1.82, 2.24) is 0 Å². The van der Waals surface area contributed by atoms with Crippen LogP contribution in [0.1, 0.15) is 27.7 Å². The lowest BCUT2D eigenvalue weighted by Gasteiger charge is -2.08. The highest BCUT2D eigenvalue weighted by atomic mass is 14.2. The fourth-order valence-electron chi connectivity index (χ4n) is 1.40. The molecule has 0 atom stereocenters. The van der Waals surface area contributed by atoms with Crippen molar-refractivity contribution in [3.8, 4) is 6.07 Å². The lowest BCUT2D eigenvalue weighted by molar-refractivity contribution is 1.34. The summed E-state index contributed by atoms with van der Waals surface area (Å²) in [6, 6.07) is 2.16. The van der Waals surface area contributed by atoms with Crippen LogP contribution in [0.15, 0.2) is 71.4 Å². The van der Waals surface area contributed by atoms with Gasteiger partial charge < -0.3 is 0 Å². The molecule has 0 saturated carbocycles. The largest absolute Gasteiger partial charge is 0.192 e. The van der Waals surface area contributed by atoms with Gasteiger partial charge in [-0.2, -0.15) is 5.26 Å². The summed E-state index contributed by atoms with van der Waals surface area (Å²) in [4.78, 5) is 0. The van der Waals surface area contributed by atoms with Crippen molar-refractivity contribution in [3.63, 3.8) is 0 Å². The van der Waals surface area contributed by atoms with Crippen molar-refractivity contribution < 1.29 is 0 Å². The highest BCUT2D eigenvalue weighted by Crippen LogP contribution is 2.22.